The van der Waals surface area contributed by atoms with E-state index in [4.69, 9.17) is 9.68 Å². The maximum absolute atomic E-state index is 12.6. The Morgan fingerprint density at radius 1 is 1.33 bits per heavy atom. The standard InChI is InChI=1S/C9H4FNO/c10-7-2-1-6-3-8(5-11)12-9(6)4-7/h1-4H. The van der Waals surface area contributed by atoms with Crippen LogP contribution in [0.4, 0.5) is 4.39 Å². The molecule has 0 saturated heterocycles. The minimum Gasteiger partial charge on any atom is -0.445 e. The number of nitriles is 1. The summed E-state index contributed by atoms with van der Waals surface area (Å²) in [5.74, 6) is -0.156. The van der Waals surface area contributed by atoms with Crippen LogP contribution in [0.1, 0.15) is 5.76 Å². The Morgan fingerprint density at radius 3 is 2.92 bits per heavy atom. The van der Waals surface area contributed by atoms with Crippen LogP contribution in [0, 0.1) is 17.1 Å². The van der Waals surface area contributed by atoms with E-state index in [1.165, 1.54) is 12.1 Å². The number of benzene rings is 1. The zero-order valence-electron chi connectivity index (χ0n) is 6.04. The highest BCUT2D eigenvalue weighted by atomic mass is 19.1. The maximum Gasteiger partial charge on any atom is 0.204 e. The van der Waals surface area contributed by atoms with Crippen LogP contribution in [0.3, 0.4) is 0 Å². The number of furan rings is 1. The molecule has 0 atom stereocenters. The number of fused-ring (bicyclic) bond motifs is 1. The van der Waals surface area contributed by atoms with Gasteiger partial charge in [0.2, 0.25) is 5.76 Å². The quantitative estimate of drug-likeness (QED) is 0.595. The summed E-state index contributed by atoms with van der Waals surface area (Å²) in [5, 5.41) is 9.21. The molecule has 0 bridgehead atoms. The van der Waals surface area contributed by atoms with Gasteiger partial charge < -0.3 is 4.42 Å². The summed E-state index contributed by atoms with van der Waals surface area (Å²) in [6.45, 7) is 0. The molecule has 0 aliphatic rings. The van der Waals surface area contributed by atoms with Gasteiger partial charge in [0, 0.05) is 17.5 Å². The minimum atomic E-state index is -0.360. The second kappa shape index (κ2) is 2.35. The molecule has 1 aromatic heterocycles. The van der Waals surface area contributed by atoms with Crippen LogP contribution in [0.15, 0.2) is 28.7 Å². The number of nitrogens with zero attached hydrogens (tertiary/aromatic N) is 1. The molecule has 0 spiro atoms. The second-order valence-electron chi connectivity index (χ2n) is 2.40. The summed E-state index contributed by atoms with van der Waals surface area (Å²) in [6, 6.07) is 7.60. The third-order valence-corrected chi connectivity index (χ3v) is 1.59. The van der Waals surface area contributed by atoms with Crippen LogP contribution in [0.2, 0.25) is 0 Å². The molecule has 2 aromatic rings. The van der Waals surface area contributed by atoms with Gasteiger partial charge in [-0.2, -0.15) is 5.26 Å². The Morgan fingerprint density at radius 2 is 2.17 bits per heavy atom. The van der Waals surface area contributed by atoms with E-state index in [1.54, 1.807) is 12.1 Å². The Bertz CT molecular complexity index is 467. The first-order valence-electron chi connectivity index (χ1n) is 3.39. The molecule has 0 fully saturated rings. The Hall–Kier alpha value is -1.82. The van der Waals surface area contributed by atoms with Crippen LogP contribution in [-0.2, 0) is 0 Å². The Balaban J connectivity index is 2.77. The summed E-state index contributed by atoms with van der Waals surface area (Å²) in [4.78, 5) is 0. The van der Waals surface area contributed by atoms with Crippen molar-refractivity contribution in [3.63, 3.8) is 0 Å². The Labute approximate surface area is 67.8 Å². The SMILES string of the molecule is N#Cc1cc2ccc(F)cc2o1. The van der Waals surface area contributed by atoms with Gasteiger partial charge in [0.1, 0.15) is 17.5 Å². The van der Waals surface area contributed by atoms with E-state index >= 15 is 0 Å². The number of hydrogen-bond donors (Lipinski definition) is 0. The third kappa shape index (κ3) is 0.940. The third-order valence-electron chi connectivity index (χ3n) is 1.59. The molecule has 1 aromatic carbocycles. The summed E-state index contributed by atoms with van der Waals surface area (Å²) in [6.07, 6.45) is 0. The van der Waals surface area contributed by atoms with Crippen molar-refractivity contribution in [2.45, 2.75) is 0 Å². The lowest BCUT2D eigenvalue weighted by atomic mass is 10.2. The van der Waals surface area contributed by atoms with Gasteiger partial charge in [-0.15, -0.1) is 0 Å². The van der Waals surface area contributed by atoms with Crippen molar-refractivity contribution in [1.29, 1.82) is 5.26 Å². The molecule has 2 nitrogen and oxygen atoms in total. The van der Waals surface area contributed by atoms with Gasteiger partial charge in [-0.25, -0.2) is 4.39 Å². The van der Waals surface area contributed by atoms with E-state index in [-0.39, 0.29) is 11.6 Å². The fourth-order valence-electron chi connectivity index (χ4n) is 1.06. The summed E-state index contributed by atoms with van der Waals surface area (Å²) in [5.41, 5.74) is 0.409. The lowest BCUT2D eigenvalue weighted by Gasteiger charge is -1.85. The molecular weight excluding hydrogens is 157 g/mol. The van der Waals surface area contributed by atoms with Gasteiger partial charge in [-0.1, -0.05) is 0 Å². The van der Waals surface area contributed by atoms with Crippen LogP contribution in [0.25, 0.3) is 11.0 Å². The number of rotatable bonds is 0. The molecule has 0 aliphatic heterocycles. The molecular formula is C9H4FNO. The monoisotopic (exact) mass is 161 g/mol. The molecule has 0 radical (unpaired) electrons. The molecule has 2 rings (SSSR count). The van der Waals surface area contributed by atoms with Crippen molar-refractivity contribution >= 4 is 11.0 Å². The lowest BCUT2D eigenvalue weighted by molar-refractivity contribution is 0.587. The van der Waals surface area contributed by atoms with Crippen LogP contribution in [0.5, 0.6) is 0 Å². The predicted molar refractivity (Wildman–Crippen MR) is 40.9 cm³/mol. The molecule has 3 heteroatoms. The smallest absolute Gasteiger partial charge is 0.204 e. The molecule has 12 heavy (non-hydrogen) atoms. The van der Waals surface area contributed by atoms with Crippen molar-refractivity contribution in [2.24, 2.45) is 0 Å². The van der Waals surface area contributed by atoms with Gasteiger partial charge >= 0.3 is 0 Å². The molecule has 0 aliphatic carbocycles. The summed E-state index contributed by atoms with van der Waals surface area (Å²) in [7, 11) is 0. The van der Waals surface area contributed by atoms with Gasteiger partial charge in [0.05, 0.1) is 0 Å². The second-order valence-corrected chi connectivity index (χ2v) is 2.40. The van der Waals surface area contributed by atoms with Gasteiger partial charge in [0.25, 0.3) is 0 Å². The molecule has 1 heterocycles. The molecule has 58 valence electrons. The fourth-order valence-corrected chi connectivity index (χ4v) is 1.06. The zero-order valence-corrected chi connectivity index (χ0v) is 6.04. The van der Waals surface area contributed by atoms with Crippen molar-refractivity contribution in [3.05, 3.63) is 35.8 Å². The average Bonchev–Trinajstić information content (AvgIpc) is 2.46. The number of hydrogen-bond acceptors (Lipinski definition) is 2. The first kappa shape index (κ1) is 6.86. The zero-order chi connectivity index (χ0) is 8.55. The first-order valence-corrected chi connectivity index (χ1v) is 3.39. The molecule has 0 unspecified atom stereocenters. The van der Waals surface area contributed by atoms with Crippen LogP contribution < -0.4 is 0 Å². The maximum atomic E-state index is 12.6. The summed E-state index contributed by atoms with van der Waals surface area (Å²) < 4.78 is 17.6. The van der Waals surface area contributed by atoms with Gasteiger partial charge in [0.15, 0.2) is 0 Å². The molecule has 0 saturated carbocycles. The van der Waals surface area contributed by atoms with Crippen molar-refractivity contribution in [1.82, 2.24) is 0 Å². The number of halogens is 1. The topological polar surface area (TPSA) is 36.9 Å². The Kier molecular flexibility index (Phi) is 1.34. The highest BCUT2D eigenvalue weighted by Gasteiger charge is 2.02. The molecule has 0 amide bonds. The highest BCUT2D eigenvalue weighted by Crippen LogP contribution is 2.19. The van der Waals surface area contributed by atoms with E-state index < -0.39 is 0 Å². The summed E-state index contributed by atoms with van der Waals surface area (Å²) >= 11 is 0. The van der Waals surface area contributed by atoms with Gasteiger partial charge in [-0.05, 0) is 12.1 Å². The van der Waals surface area contributed by atoms with E-state index in [2.05, 4.69) is 0 Å². The van der Waals surface area contributed by atoms with Crippen LogP contribution >= 0.6 is 0 Å². The molecule has 0 N–H and O–H groups in total. The van der Waals surface area contributed by atoms with E-state index in [1.807, 2.05) is 6.07 Å². The van der Waals surface area contributed by atoms with Crippen molar-refractivity contribution in [2.75, 3.05) is 0 Å². The first-order chi connectivity index (χ1) is 5.79. The average molecular weight is 161 g/mol. The van der Waals surface area contributed by atoms with E-state index in [0.717, 1.165) is 5.39 Å². The van der Waals surface area contributed by atoms with Gasteiger partial charge in [-0.3, -0.25) is 0 Å². The predicted octanol–water partition coefficient (Wildman–Crippen LogP) is 2.44. The minimum absolute atomic E-state index is 0.204. The largest absolute Gasteiger partial charge is 0.445 e. The highest BCUT2D eigenvalue weighted by molar-refractivity contribution is 5.78. The lowest BCUT2D eigenvalue weighted by Crippen LogP contribution is -1.68. The normalized spacial score (nSPS) is 10.0. The van der Waals surface area contributed by atoms with Crippen molar-refractivity contribution < 1.29 is 8.81 Å². The van der Waals surface area contributed by atoms with E-state index in [9.17, 15) is 4.39 Å². The fraction of sp³-hybridized carbons (Fsp3) is 0. The van der Waals surface area contributed by atoms with Crippen molar-refractivity contribution in [3.8, 4) is 6.07 Å². The van der Waals surface area contributed by atoms with Crippen LogP contribution in [-0.4, -0.2) is 0 Å². The van der Waals surface area contributed by atoms with E-state index in [0.29, 0.717) is 5.58 Å².